The van der Waals surface area contributed by atoms with Crippen LogP contribution in [0.5, 0.6) is 0 Å². The van der Waals surface area contributed by atoms with Gasteiger partial charge in [0.1, 0.15) is 0 Å². The maximum absolute atomic E-state index is 10.4. The first-order valence-electron chi connectivity index (χ1n) is 6.26. The monoisotopic (exact) mass is 260 g/mol. The summed E-state index contributed by atoms with van der Waals surface area (Å²) in [5, 5.41) is 16.5. The maximum atomic E-state index is 10.4. The molecule has 0 spiro atoms. The molecule has 19 heavy (non-hydrogen) atoms. The van der Waals surface area contributed by atoms with Gasteiger partial charge >= 0.3 is 5.97 Å². The number of aliphatic carboxylic acids is 1. The van der Waals surface area contributed by atoms with Crippen LogP contribution in [0, 0.1) is 0 Å². The number of carbonyl (C=O) groups is 1. The van der Waals surface area contributed by atoms with Crippen LogP contribution in [0.4, 0.5) is 0 Å². The molecular formula is C14H16N2O3. The van der Waals surface area contributed by atoms with Crippen LogP contribution in [0.1, 0.15) is 43.0 Å². The molecule has 0 amide bonds. The summed E-state index contributed by atoms with van der Waals surface area (Å²) in [6, 6.07) is 9.92. The Morgan fingerprint density at radius 3 is 2.74 bits per heavy atom. The number of benzene rings is 1. The number of carboxylic acid groups (broad SMARTS) is 1. The largest absolute Gasteiger partial charge is 0.481 e. The fraction of sp³-hybridized carbons (Fsp3) is 0.357. The average molecular weight is 260 g/mol. The smallest absolute Gasteiger partial charge is 0.303 e. The number of carboxylic acids is 1. The number of nitrogens with zero attached hydrogens (tertiary/aromatic N) is 2. The second-order valence-electron chi connectivity index (χ2n) is 4.41. The molecule has 5 heteroatoms. The summed E-state index contributed by atoms with van der Waals surface area (Å²) in [6.45, 7) is 2.00. The van der Waals surface area contributed by atoms with Gasteiger partial charge in [-0.1, -0.05) is 30.3 Å². The van der Waals surface area contributed by atoms with E-state index in [9.17, 15) is 4.79 Å². The number of aryl methyl sites for hydroxylation is 1. The molecule has 1 atom stereocenters. The van der Waals surface area contributed by atoms with Crippen molar-refractivity contribution in [2.75, 3.05) is 0 Å². The molecule has 0 bridgehead atoms. The SMILES string of the molecule is CC(c1ccccc1)c1nnc(CCCC(=O)O)o1. The van der Waals surface area contributed by atoms with Crippen molar-refractivity contribution in [3.63, 3.8) is 0 Å². The molecule has 5 nitrogen and oxygen atoms in total. The molecule has 1 aromatic carbocycles. The highest BCUT2D eigenvalue weighted by atomic mass is 16.4. The summed E-state index contributed by atoms with van der Waals surface area (Å²) in [5.74, 6) is 0.301. The summed E-state index contributed by atoms with van der Waals surface area (Å²) in [6.07, 6.45) is 1.13. The van der Waals surface area contributed by atoms with Crippen molar-refractivity contribution in [1.82, 2.24) is 10.2 Å². The second-order valence-corrected chi connectivity index (χ2v) is 4.41. The standard InChI is InChI=1S/C14H16N2O3/c1-10(11-6-3-2-4-7-11)14-16-15-12(19-14)8-5-9-13(17)18/h2-4,6-7,10H,5,8-9H2,1H3,(H,17,18). The van der Waals surface area contributed by atoms with Crippen molar-refractivity contribution >= 4 is 5.97 Å². The number of hydrogen-bond acceptors (Lipinski definition) is 4. The van der Waals surface area contributed by atoms with Gasteiger partial charge in [-0.05, 0) is 18.9 Å². The lowest BCUT2D eigenvalue weighted by Crippen LogP contribution is -1.96. The van der Waals surface area contributed by atoms with Crippen molar-refractivity contribution < 1.29 is 14.3 Å². The van der Waals surface area contributed by atoms with Gasteiger partial charge in [0.05, 0.1) is 5.92 Å². The molecule has 1 aromatic heterocycles. The van der Waals surface area contributed by atoms with E-state index in [2.05, 4.69) is 10.2 Å². The van der Waals surface area contributed by atoms with E-state index in [1.807, 2.05) is 37.3 Å². The average Bonchev–Trinajstić information content (AvgIpc) is 2.87. The van der Waals surface area contributed by atoms with Crippen molar-refractivity contribution in [2.24, 2.45) is 0 Å². The molecule has 100 valence electrons. The summed E-state index contributed by atoms with van der Waals surface area (Å²) < 4.78 is 5.57. The third-order valence-electron chi connectivity index (χ3n) is 2.93. The zero-order valence-corrected chi connectivity index (χ0v) is 10.7. The van der Waals surface area contributed by atoms with Crippen molar-refractivity contribution in [2.45, 2.75) is 32.1 Å². The zero-order valence-electron chi connectivity index (χ0n) is 10.7. The first-order valence-corrected chi connectivity index (χ1v) is 6.26. The predicted octanol–water partition coefficient (Wildman–Crippen LogP) is 2.63. The minimum atomic E-state index is -0.808. The highest BCUT2D eigenvalue weighted by molar-refractivity contribution is 5.66. The Kier molecular flexibility index (Phi) is 4.28. The lowest BCUT2D eigenvalue weighted by molar-refractivity contribution is -0.137. The van der Waals surface area contributed by atoms with E-state index in [0.29, 0.717) is 24.6 Å². The van der Waals surface area contributed by atoms with Crippen LogP contribution < -0.4 is 0 Å². The van der Waals surface area contributed by atoms with E-state index in [1.54, 1.807) is 0 Å². The van der Waals surface area contributed by atoms with Crippen LogP contribution in [0.3, 0.4) is 0 Å². The van der Waals surface area contributed by atoms with Crippen LogP contribution in [-0.2, 0) is 11.2 Å². The molecule has 1 unspecified atom stereocenters. The third-order valence-corrected chi connectivity index (χ3v) is 2.93. The van der Waals surface area contributed by atoms with Crippen molar-refractivity contribution in [3.05, 3.63) is 47.7 Å². The number of aromatic nitrogens is 2. The molecule has 0 aliphatic carbocycles. The van der Waals surface area contributed by atoms with Crippen molar-refractivity contribution in [1.29, 1.82) is 0 Å². The Labute approximate surface area is 111 Å². The minimum absolute atomic E-state index is 0.0434. The van der Waals surface area contributed by atoms with E-state index in [1.165, 1.54) is 0 Å². The number of hydrogen-bond donors (Lipinski definition) is 1. The lowest BCUT2D eigenvalue weighted by atomic mass is 10.0. The van der Waals surface area contributed by atoms with E-state index < -0.39 is 5.97 Å². The van der Waals surface area contributed by atoms with Gasteiger partial charge in [0, 0.05) is 12.8 Å². The van der Waals surface area contributed by atoms with Crippen LogP contribution in [0.25, 0.3) is 0 Å². The van der Waals surface area contributed by atoms with E-state index in [0.717, 1.165) is 5.56 Å². The molecule has 2 aromatic rings. The van der Waals surface area contributed by atoms with Gasteiger partial charge < -0.3 is 9.52 Å². The topological polar surface area (TPSA) is 76.2 Å². The molecular weight excluding hydrogens is 244 g/mol. The Morgan fingerprint density at radius 1 is 1.32 bits per heavy atom. The molecule has 2 rings (SSSR count). The first kappa shape index (κ1) is 13.3. The second kappa shape index (κ2) is 6.13. The van der Waals surface area contributed by atoms with Gasteiger partial charge in [-0.2, -0.15) is 0 Å². The van der Waals surface area contributed by atoms with Crippen LogP contribution in [-0.4, -0.2) is 21.3 Å². The van der Waals surface area contributed by atoms with Gasteiger partial charge in [-0.15, -0.1) is 10.2 Å². The predicted molar refractivity (Wildman–Crippen MR) is 68.8 cm³/mol. The Balaban J connectivity index is 1.98. The Hall–Kier alpha value is -2.17. The first-order chi connectivity index (χ1) is 9.16. The van der Waals surface area contributed by atoms with E-state index in [4.69, 9.17) is 9.52 Å². The fourth-order valence-electron chi connectivity index (χ4n) is 1.82. The van der Waals surface area contributed by atoms with Crippen LogP contribution in [0.2, 0.25) is 0 Å². The Bertz CT molecular complexity index is 537. The molecule has 1 N–H and O–H groups in total. The highest BCUT2D eigenvalue weighted by Gasteiger charge is 2.15. The molecule has 0 fully saturated rings. The third kappa shape index (κ3) is 3.64. The molecule has 0 saturated carbocycles. The van der Waals surface area contributed by atoms with E-state index >= 15 is 0 Å². The molecule has 0 radical (unpaired) electrons. The quantitative estimate of drug-likeness (QED) is 0.864. The van der Waals surface area contributed by atoms with Gasteiger partial charge in [-0.25, -0.2) is 0 Å². The maximum Gasteiger partial charge on any atom is 0.303 e. The van der Waals surface area contributed by atoms with Gasteiger partial charge in [0.2, 0.25) is 11.8 Å². The molecule has 0 aliphatic rings. The number of rotatable bonds is 6. The van der Waals surface area contributed by atoms with Crippen LogP contribution in [0.15, 0.2) is 34.7 Å². The highest BCUT2D eigenvalue weighted by Crippen LogP contribution is 2.22. The lowest BCUT2D eigenvalue weighted by Gasteiger charge is -2.05. The van der Waals surface area contributed by atoms with Crippen LogP contribution >= 0.6 is 0 Å². The summed E-state index contributed by atoms with van der Waals surface area (Å²) in [7, 11) is 0. The Morgan fingerprint density at radius 2 is 2.05 bits per heavy atom. The molecule has 0 aliphatic heterocycles. The molecule has 1 heterocycles. The molecule has 0 saturated heterocycles. The normalized spacial score (nSPS) is 12.3. The van der Waals surface area contributed by atoms with E-state index in [-0.39, 0.29) is 12.3 Å². The minimum Gasteiger partial charge on any atom is -0.481 e. The van der Waals surface area contributed by atoms with Crippen molar-refractivity contribution in [3.8, 4) is 0 Å². The summed E-state index contributed by atoms with van der Waals surface area (Å²) in [5.41, 5.74) is 1.11. The van der Waals surface area contributed by atoms with Gasteiger partial charge in [0.15, 0.2) is 0 Å². The summed E-state index contributed by atoms with van der Waals surface area (Å²) in [4.78, 5) is 10.4. The zero-order chi connectivity index (χ0) is 13.7. The fourth-order valence-corrected chi connectivity index (χ4v) is 1.82. The summed E-state index contributed by atoms with van der Waals surface area (Å²) >= 11 is 0. The van der Waals surface area contributed by atoms with Gasteiger partial charge in [0.25, 0.3) is 0 Å². The van der Waals surface area contributed by atoms with Gasteiger partial charge in [-0.3, -0.25) is 4.79 Å².